The minimum Gasteiger partial charge on any atom is -0.491 e. The second-order valence-corrected chi connectivity index (χ2v) is 8.19. The van der Waals surface area contributed by atoms with Crippen LogP contribution < -0.4 is 14.4 Å². The molecule has 2 rings (SSSR count). The van der Waals surface area contributed by atoms with Crippen molar-refractivity contribution >= 4 is 27.8 Å². The van der Waals surface area contributed by atoms with Gasteiger partial charge in [0.15, 0.2) is 0 Å². The van der Waals surface area contributed by atoms with Gasteiger partial charge in [-0.25, -0.2) is 22.3 Å². The summed E-state index contributed by atoms with van der Waals surface area (Å²) in [7, 11) is -4.04. The number of ether oxygens (including phenoxy) is 1. The van der Waals surface area contributed by atoms with Crippen molar-refractivity contribution in [3.8, 4) is 5.75 Å². The summed E-state index contributed by atoms with van der Waals surface area (Å²) in [5, 5.41) is 0.876. The zero-order valence-corrected chi connectivity index (χ0v) is 17.4. The number of benzene rings is 2. The molecule has 1 N–H and O–H groups in total. The molecule has 6 nitrogen and oxygen atoms in total. The highest BCUT2D eigenvalue weighted by molar-refractivity contribution is 7.93. The van der Waals surface area contributed by atoms with Crippen LogP contribution in [0.3, 0.4) is 0 Å². The van der Waals surface area contributed by atoms with E-state index in [1.165, 1.54) is 35.2 Å². The minimum absolute atomic E-state index is 0.0318. The number of nitrogens with one attached hydrogen (secondary N) is 1. The van der Waals surface area contributed by atoms with Crippen LogP contribution in [0.25, 0.3) is 6.08 Å². The lowest BCUT2D eigenvalue weighted by molar-refractivity contribution is 0.242. The number of carbonyl (C=O) groups is 1. The number of nitrogens with zero attached hydrogens (tertiary/aromatic N) is 1. The molecule has 0 bridgehead atoms. The van der Waals surface area contributed by atoms with Crippen molar-refractivity contribution in [3.63, 3.8) is 0 Å². The highest BCUT2D eigenvalue weighted by Gasteiger charge is 2.20. The zero-order valence-electron chi connectivity index (χ0n) is 16.6. The molecule has 0 heterocycles. The number of halogens is 1. The molecule has 156 valence electrons. The Labute approximate surface area is 171 Å². The molecular formula is C21H25FN2O4S. The highest BCUT2D eigenvalue weighted by Crippen LogP contribution is 2.22. The van der Waals surface area contributed by atoms with Crippen molar-refractivity contribution < 1.29 is 22.3 Å². The number of urea groups is 1. The van der Waals surface area contributed by atoms with E-state index < -0.39 is 21.9 Å². The number of hydrogen-bond donors (Lipinski definition) is 1. The zero-order chi connectivity index (χ0) is 21.4. The van der Waals surface area contributed by atoms with Gasteiger partial charge in [0.1, 0.15) is 11.6 Å². The molecule has 0 saturated carbocycles. The number of rotatable bonds is 8. The molecule has 0 aliphatic carbocycles. The first-order valence-electron chi connectivity index (χ1n) is 9.25. The third kappa shape index (κ3) is 7.23. The number of carbonyl (C=O) groups excluding carboxylic acids is 1. The molecular weight excluding hydrogens is 395 g/mol. The van der Waals surface area contributed by atoms with E-state index in [0.29, 0.717) is 30.0 Å². The van der Waals surface area contributed by atoms with Crippen molar-refractivity contribution in [2.24, 2.45) is 0 Å². The fourth-order valence-corrected chi connectivity index (χ4v) is 3.28. The molecule has 0 spiro atoms. The summed E-state index contributed by atoms with van der Waals surface area (Å²) in [5.41, 5.74) is 1.02. The molecule has 0 aliphatic heterocycles. The highest BCUT2D eigenvalue weighted by atomic mass is 32.2. The van der Waals surface area contributed by atoms with Crippen LogP contribution in [0.2, 0.25) is 0 Å². The Balaban J connectivity index is 2.17. The van der Waals surface area contributed by atoms with E-state index in [2.05, 4.69) is 0 Å². The molecule has 0 aliphatic rings. The number of anilines is 1. The molecule has 0 radical (unpaired) electrons. The van der Waals surface area contributed by atoms with E-state index in [1.54, 1.807) is 24.3 Å². The van der Waals surface area contributed by atoms with Crippen LogP contribution >= 0.6 is 0 Å². The molecule has 0 unspecified atom stereocenters. The smallest absolute Gasteiger partial charge is 0.335 e. The fraction of sp³-hybridized carbons (Fsp3) is 0.286. The lowest BCUT2D eigenvalue weighted by Gasteiger charge is -2.23. The average Bonchev–Trinajstić information content (AvgIpc) is 2.65. The second kappa shape index (κ2) is 10.1. The van der Waals surface area contributed by atoms with E-state index in [-0.39, 0.29) is 6.10 Å². The van der Waals surface area contributed by atoms with Crippen molar-refractivity contribution in [2.75, 3.05) is 11.4 Å². The molecule has 0 atom stereocenters. The minimum atomic E-state index is -4.04. The van der Waals surface area contributed by atoms with Gasteiger partial charge in [-0.05, 0) is 56.2 Å². The molecule has 8 heteroatoms. The van der Waals surface area contributed by atoms with Crippen LogP contribution in [-0.2, 0) is 10.0 Å². The maximum Gasteiger partial charge on any atom is 0.335 e. The van der Waals surface area contributed by atoms with Gasteiger partial charge in [0.25, 0.3) is 10.0 Å². The van der Waals surface area contributed by atoms with Crippen LogP contribution in [0.1, 0.15) is 32.8 Å². The summed E-state index contributed by atoms with van der Waals surface area (Å²) in [6.07, 6.45) is 1.89. The van der Waals surface area contributed by atoms with Crippen molar-refractivity contribution in [1.29, 1.82) is 0 Å². The van der Waals surface area contributed by atoms with Crippen molar-refractivity contribution in [1.82, 2.24) is 4.72 Å². The van der Waals surface area contributed by atoms with Crippen molar-refractivity contribution in [2.45, 2.75) is 33.3 Å². The van der Waals surface area contributed by atoms with Gasteiger partial charge in [-0.3, -0.25) is 4.90 Å². The van der Waals surface area contributed by atoms with Crippen LogP contribution in [-0.4, -0.2) is 27.1 Å². The van der Waals surface area contributed by atoms with Gasteiger partial charge in [-0.15, -0.1) is 0 Å². The summed E-state index contributed by atoms with van der Waals surface area (Å²) >= 11 is 0. The first-order valence-corrected chi connectivity index (χ1v) is 10.8. The van der Waals surface area contributed by atoms with Gasteiger partial charge >= 0.3 is 6.03 Å². The van der Waals surface area contributed by atoms with Crippen LogP contribution in [0, 0.1) is 5.82 Å². The Morgan fingerprint density at radius 3 is 2.52 bits per heavy atom. The standard InChI is InChI=1S/C21H25FN2O4S/c1-4-13-24(19-6-5-7-20(15-19)28-16(2)3)21(25)23-29(26,27)14-12-17-8-10-18(22)11-9-17/h5-12,14-16H,4,13H2,1-3H3,(H,23,25). The quantitative estimate of drug-likeness (QED) is 0.680. The monoisotopic (exact) mass is 420 g/mol. The Bertz CT molecular complexity index is 957. The summed E-state index contributed by atoms with van der Waals surface area (Å²) < 4.78 is 45.2. The predicted octanol–water partition coefficient (Wildman–Crippen LogP) is 4.54. The fourth-order valence-electron chi connectivity index (χ4n) is 2.52. The van der Waals surface area contributed by atoms with E-state index in [4.69, 9.17) is 4.74 Å². The second-order valence-electron chi connectivity index (χ2n) is 6.62. The summed E-state index contributed by atoms with van der Waals surface area (Å²) in [5.74, 6) is 0.169. The van der Waals surface area contributed by atoms with Crippen LogP contribution in [0.15, 0.2) is 53.9 Å². The maximum absolute atomic E-state index is 12.9. The summed E-state index contributed by atoms with van der Waals surface area (Å²) in [6, 6.07) is 11.5. The van der Waals surface area contributed by atoms with Crippen molar-refractivity contribution in [3.05, 3.63) is 65.3 Å². The first kappa shape index (κ1) is 22.4. The lowest BCUT2D eigenvalue weighted by atomic mass is 10.2. The molecule has 0 aromatic heterocycles. The van der Waals surface area contributed by atoms with Crippen LogP contribution in [0.4, 0.5) is 14.9 Å². The van der Waals surface area contributed by atoms with Gasteiger partial charge in [0, 0.05) is 18.3 Å². The third-order valence-electron chi connectivity index (χ3n) is 3.73. The Morgan fingerprint density at radius 2 is 1.90 bits per heavy atom. The first-order chi connectivity index (χ1) is 13.7. The summed E-state index contributed by atoms with van der Waals surface area (Å²) in [4.78, 5) is 14.0. The van der Waals surface area contributed by atoms with Gasteiger partial charge in [0.05, 0.1) is 11.5 Å². The Kier molecular flexibility index (Phi) is 7.78. The number of sulfonamides is 1. The Morgan fingerprint density at radius 1 is 1.21 bits per heavy atom. The van der Waals surface area contributed by atoms with Gasteiger partial charge in [0.2, 0.25) is 0 Å². The normalized spacial score (nSPS) is 11.6. The average molecular weight is 421 g/mol. The number of hydrogen-bond acceptors (Lipinski definition) is 4. The van der Waals surface area contributed by atoms with E-state index in [9.17, 15) is 17.6 Å². The molecule has 0 fully saturated rings. The predicted molar refractivity (Wildman–Crippen MR) is 113 cm³/mol. The van der Waals surface area contributed by atoms with E-state index >= 15 is 0 Å². The van der Waals surface area contributed by atoms with Gasteiger partial charge in [-0.1, -0.05) is 25.1 Å². The lowest BCUT2D eigenvalue weighted by Crippen LogP contribution is -2.42. The van der Waals surface area contributed by atoms with Gasteiger partial charge in [-0.2, -0.15) is 0 Å². The van der Waals surface area contributed by atoms with Gasteiger partial charge < -0.3 is 4.74 Å². The molecule has 2 aromatic rings. The number of amides is 2. The SMILES string of the molecule is CCCN(C(=O)NS(=O)(=O)C=Cc1ccc(F)cc1)c1cccc(OC(C)C)c1. The molecule has 2 amide bonds. The third-order valence-corrected chi connectivity index (χ3v) is 4.69. The largest absolute Gasteiger partial charge is 0.491 e. The summed E-state index contributed by atoms with van der Waals surface area (Å²) in [6.45, 7) is 6.00. The van der Waals surface area contributed by atoms with E-state index in [1.807, 2.05) is 25.5 Å². The molecule has 2 aromatic carbocycles. The topological polar surface area (TPSA) is 75.7 Å². The molecule has 29 heavy (non-hydrogen) atoms. The van der Waals surface area contributed by atoms with Crippen LogP contribution in [0.5, 0.6) is 5.75 Å². The maximum atomic E-state index is 12.9. The molecule has 0 saturated heterocycles. The Hall–Kier alpha value is -2.87. The van der Waals surface area contributed by atoms with E-state index in [0.717, 1.165) is 5.41 Å².